The summed E-state index contributed by atoms with van der Waals surface area (Å²) in [5.41, 5.74) is 0.182. The molecule has 7 heteroatoms. The molecule has 0 aliphatic heterocycles. The zero-order chi connectivity index (χ0) is 17.8. The van der Waals surface area contributed by atoms with Gasteiger partial charge in [0.1, 0.15) is 11.6 Å². The van der Waals surface area contributed by atoms with Crippen LogP contribution in [-0.4, -0.2) is 4.99 Å². The Hall–Kier alpha value is -2.64. The minimum absolute atomic E-state index is 0.000546. The number of aromatic nitrogens is 1. The predicted octanol–water partition coefficient (Wildman–Crippen LogP) is 3.44. The topological polar surface area (TPSA) is 39.0 Å². The number of pyridine rings is 1. The zero-order valence-corrected chi connectivity index (χ0v) is 14.4. The molecule has 3 rings (SSSR count). The van der Waals surface area contributed by atoms with Crippen molar-refractivity contribution in [1.82, 2.24) is 0 Å². The van der Waals surface area contributed by atoms with Crippen molar-refractivity contribution in [2.75, 3.05) is 5.32 Å². The second kappa shape index (κ2) is 7.50. The summed E-state index contributed by atoms with van der Waals surface area (Å²) in [6.45, 7) is 0. The summed E-state index contributed by atoms with van der Waals surface area (Å²) in [6, 6.07) is 11.9. The lowest BCUT2D eigenvalue weighted by atomic mass is 10.2. The minimum atomic E-state index is -0.789. The van der Waals surface area contributed by atoms with Gasteiger partial charge < -0.3 is 10.4 Å². The average Bonchev–Trinajstić information content (AvgIpc) is 3.13. The van der Waals surface area contributed by atoms with Gasteiger partial charge in [0.05, 0.1) is 5.69 Å². The maximum absolute atomic E-state index is 13.9. The van der Waals surface area contributed by atoms with Crippen molar-refractivity contribution < 1.29 is 18.5 Å². The zero-order valence-electron chi connectivity index (χ0n) is 12.8. The van der Waals surface area contributed by atoms with E-state index in [0.29, 0.717) is 4.88 Å². The van der Waals surface area contributed by atoms with E-state index in [1.54, 1.807) is 52.7 Å². The Morgan fingerprint density at radius 1 is 1.08 bits per heavy atom. The largest absolute Gasteiger partial charge is 0.867 e. The number of thiocarbonyl (C=S) groups is 1. The molecule has 3 aromatic rings. The van der Waals surface area contributed by atoms with Crippen molar-refractivity contribution in [2.45, 2.75) is 0 Å². The number of halogens is 2. The third-order valence-corrected chi connectivity index (χ3v) is 4.49. The van der Waals surface area contributed by atoms with Crippen LogP contribution >= 0.6 is 23.6 Å². The van der Waals surface area contributed by atoms with E-state index in [1.165, 1.54) is 17.4 Å². The Kier molecular flexibility index (Phi) is 5.16. The van der Waals surface area contributed by atoms with Crippen LogP contribution in [0.25, 0.3) is 11.5 Å². The van der Waals surface area contributed by atoms with Crippen LogP contribution in [0.2, 0.25) is 0 Å². The molecule has 0 amide bonds. The molecule has 0 aliphatic carbocycles. The summed E-state index contributed by atoms with van der Waals surface area (Å²) in [5, 5.41) is 17.3. The molecule has 25 heavy (non-hydrogen) atoms. The van der Waals surface area contributed by atoms with Gasteiger partial charge in [-0.05, 0) is 29.3 Å². The van der Waals surface area contributed by atoms with Gasteiger partial charge in [-0.25, -0.2) is 8.78 Å². The SMILES string of the molecule is [O-]C(=C(C(=S)Nc1ccc(F)cc1F)[n+]1ccccc1)c1cccs1. The second-order valence-electron chi connectivity index (χ2n) is 5.02. The van der Waals surface area contributed by atoms with Crippen LogP contribution < -0.4 is 15.0 Å². The van der Waals surface area contributed by atoms with Gasteiger partial charge in [0, 0.05) is 23.1 Å². The molecular formula is C18H12F2N2OS2. The van der Waals surface area contributed by atoms with Crippen molar-refractivity contribution in [1.29, 1.82) is 0 Å². The molecule has 0 spiro atoms. The van der Waals surface area contributed by atoms with Gasteiger partial charge in [-0.3, -0.25) is 0 Å². The fourth-order valence-electron chi connectivity index (χ4n) is 2.18. The Bertz CT molecular complexity index is 926. The van der Waals surface area contributed by atoms with E-state index in [9.17, 15) is 13.9 Å². The van der Waals surface area contributed by atoms with E-state index in [4.69, 9.17) is 12.2 Å². The van der Waals surface area contributed by atoms with Gasteiger partial charge in [-0.2, -0.15) is 4.57 Å². The summed E-state index contributed by atoms with van der Waals surface area (Å²) in [5.74, 6) is -1.76. The Morgan fingerprint density at radius 2 is 1.84 bits per heavy atom. The number of hydrogen-bond donors (Lipinski definition) is 1. The smallest absolute Gasteiger partial charge is 0.239 e. The molecule has 0 aliphatic rings. The van der Waals surface area contributed by atoms with Crippen molar-refractivity contribution in [3.8, 4) is 0 Å². The molecule has 0 saturated heterocycles. The predicted molar refractivity (Wildman–Crippen MR) is 96.6 cm³/mol. The van der Waals surface area contributed by atoms with Crippen molar-refractivity contribution in [3.63, 3.8) is 0 Å². The molecular weight excluding hydrogens is 362 g/mol. The van der Waals surface area contributed by atoms with E-state index < -0.39 is 11.6 Å². The van der Waals surface area contributed by atoms with Crippen LogP contribution in [0.4, 0.5) is 14.5 Å². The molecule has 0 radical (unpaired) electrons. The summed E-state index contributed by atoms with van der Waals surface area (Å²) < 4.78 is 28.5. The molecule has 0 saturated carbocycles. The lowest BCUT2D eigenvalue weighted by Crippen LogP contribution is -2.39. The standard InChI is InChI=1S/C18H12F2N2OS2/c19-12-6-7-14(13(20)11-12)21-18(24)16(22-8-2-1-3-9-22)17(23)15-5-4-10-25-15/h1-11H,(H-,21,23,24). The number of hydrogen-bond acceptors (Lipinski definition) is 3. The third-order valence-electron chi connectivity index (χ3n) is 3.33. The molecule has 126 valence electrons. The molecule has 2 heterocycles. The monoisotopic (exact) mass is 374 g/mol. The van der Waals surface area contributed by atoms with Crippen LogP contribution in [0, 0.1) is 11.6 Å². The van der Waals surface area contributed by atoms with Crippen molar-refractivity contribution in [2.24, 2.45) is 0 Å². The van der Waals surface area contributed by atoms with Crippen LogP contribution in [0.3, 0.4) is 0 Å². The van der Waals surface area contributed by atoms with Gasteiger partial charge in [-0.15, -0.1) is 11.3 Å². The maximum Gasteiger partial charge on any atom is 0.239 e. The maximum atomic E-state index is 13.9. The highest BCUT2D eigenvalue weighted by atomic mass is 32.1. The quantitative estimate of drug-likeness (QED) is 0.329. The summed E-state index contributed by atoms with van der Waals surface area (Å²) in [6.07, 6.45) is 3.35. The van der Waals surface area contributed by atoms with Crippen molar-refractivity contribution >= 4 is 45.7 Å². The minimum Gasteiger partial charge on any atom is -0.867 e. The molecule has 0 bridgehead atoms. The molecule has 0 atom stereocenters. The van der Waals surface area contributed by atoms with Crippen LogP contribution in [0.15, 0.2) is 66.3 Å². The summed E-state index contributed by atoms with van der Waals surface area (Å²) >= 11 is 6.62. The van der Waals surface area contributed by atoms with Gasteiger partial charge >= 0.3 is 0 Å². The van der Waals surface area contributed by atoms with Gasteiger partial charge in [0.15, 0.2) is 17.4 Å². The number of nitrogens with zero attached hydrogens (tertiary/aromatic N) is 1. The molecule has 0 fully saturated rings. The lowest BCUT2D eigenvalue weighted by molar-refractivity contribution is -0.577. The van der Waals surface area contributed by atoms with Crippen LogP contribution in [-0.2, 0) is 0 Å². The number of thiophene rings is 1. The number of anilines is 1. The fourth-order valence-corrected chi connectivity index (χ4v) is 3.15. The highest BCUT2D eigenvalue weighted by Gasteiger charge is 2.20. The Labute approximate surface area is 152 Å². The fraction of sp³-hybridized carbons (Fsp3) is 0. The molecule has 1 aromatic carbocycles. The van der Waals surface area contributed by atoms with Gasteiger partial charge in [0.2, 0.25) is 5.70 Å². The first-order valence-electron chi connectivity index (χ1n) is 7.24. The van der Waals surface area contributed by atoms with E-state index in [0.717, 1.165) is 12.1 Å². The summed E-state index contributed by atoms with van der Waals surface area (Å²) in [4.78, 5) is 0.551. The Balaban J connectivity index is 2.03. The highest BCUT2D eigenvalue weighted by molar-refractivity contribution is 7.81. The van der Waals surface area contributed by atoms with Crippen molar-refractivity contribution in [3.05, 3.63) is 82.8 Å². The van der Waals surface area contributed by atoms with E-state index >= 15 is 0 Å². The number of rotatable bonds is 4. The Morgan fingerprint density at radius 3 is 2.48 bits per heavy atom. The van der Waals surface area contributed by atoms with E-state index in [1.807, 2.05) is 0 Å². The van der Waals surface area contributed by atoms with Gasteiger partial charge in [0.25, 0.3) is 0 Å². The first kappa shape index (κ1) is 17.2. The number of nitrogens with one attached hydrogen (secondary N) is 1. The van der Waals surface area contributed by atoms with E-state index in [2.05, 4.69) is 5.32 Å². The molecule has 1 N–H and O–H groups in total. The molecule has 3 nitrogen and oxygen atoms in total. The lowest BCUT2D eigenvalue weighted by Gasteiger charge is -2.15. The van der Waals surface area contributed by atoms with Gasteiger partial charge in [-0.1, -0.05) is 24.4 Å². The second-order valence-corrected chi connectivity index (χ2v) is 6.37. The average molecular weight is 374 g/mol. The van der Waals surface area contributed by atoms with Crippen LogP contribution in [0.1, 0.15) is 4.88 Å². The van der Waals surface area contributed by atoms with Crippen LogP contribution in [0.5, 0.6) is 0 Å². The highest BCUT2D eigenvalue weighted by Crippen LogP contribution is 2.22. The third kappa shape index (κ3) is 3.89. The van der Waals surface area contributed by atoms with E-state index in [-0.39, 0.29) is 22.1 Å². The first-order valence-corrected chi connectivity index (χ1v) is 8.53. The molecule has 0 unspecified atom stereocenters. The number of benzene rings is 1. The summed E-state index contributed by atoms with van der Waals surface area (Å²) in [7, 11) is 0. The molecule has 2 aromatic heterocycles. The normalized spacial score (nSPS) is 11.8. The first-order chi connectivity index (χ1) is 12.1.